The van der Waals surface area contributed by atoms with Crippen molar-refractivity contribution in [1.29, 1.82) is 0 Å². The number of cyclic esters (lactones) is 1. The van der Waals surface area contributed by atoms with Gasteiger partial charge in [0.2, 0.25) is 5.91 Å². The van der Waals surface area contributed by atoms with Gasteiger partial charge in [0, 0.05) is 29.2 Å². The molecule has 0 saturated carbocycles. The summed E-state index contributed by atoms with van der Waals surface area (Å²) in [4.78, 5) is 41.1. The van der Waals surface area contributed by atoms with E-state index in [1.165, 1.54) is 6.07 Å². The van der Waals surface area contributed by atoms with Gasteiger partial charge < -0.3 is 30.2 Å². The highest BCUT2D eigenvalue weighted by Gasteiger charge is 2.34. The molecule has 10 nitrogen and oxygen atoms in total. The van der Waals surface area contributed by atoms with E-state index in [0.29, 0.717) is 41.9 Å². The molecule has 11 heteroatoms. The molecule has 1 amide bonds. The summed E-state index contributed by atoms with van der Waals surface area (Å²) in [6.45, 7) is 2.20. The van der Waals surface area contributed by atoms with Gasteiger partial charge in [-0.05, 0) is 49.4 Å². The van der Waals surface area contributed by atoms with Crippen LogP contribution < -0.4 is 16.6 Å². The lowest BCUT2D eigenvalue weighted by atomic mass is 9.94. The van der Waals surface area contributed by atoms with Gasteiger partial charge in [-0.15, -0.1) is 0 Å². The molecule has 0 saturated heterocycles. The van der Waals surface area contributed by atoms with E-state index in [4.69, 9.17) is 20.2 Å². The normalized spacial score (nSPS) is 15.8. The number of pyridine rings is 2. The monoisotopic (exact) mass is 510 g/mol. The van der Waals surface area contributed by atoms with E-state index in [1.54, 1.807) is 23.6 Å². The lowest BCUT2D eigenvalue weighted by Crippen LogP contribution is -2.32. The van der Waals surface area contributed by atoms with Crippen molar-refractivity contribution in [3.63, 3.8) is 0 Å². The van der Waals surface area contributed by atoms with Crippen LogP contribution >= 0.6 is 0 Å². The predicted molar refractivity (Wildman–Crippen MR) is 131 cm³/mol. The summed E-state index contributed by atoms with van der Waals surface area (Å²) in [5.74, 6) is -1.47. The number of aliphatic hydroxyl groups excluding tert-OH is 1. The van der Waals surface area contributed by atoms with Gasteiger partial charge in [-0.2, -0.15) is 0 Å². The number of unbranched alkanes of at least 4 members (excludes halogenated alkanes) is 1. The zero-order valence-corrected chi connectivity index (χ0v) is 20.3. The number of nitrogens with one attached hydrogen (secondary N) is 1. The smallest absolute Gasteiger partial charge is 0.340 e. The maximum atomic E-state index is 14.5. The van der Waals surface area contributed by atoms with Gasteiger partial charge >= 0.3 is 5.97 Å². The van der Waals surface area contributed by atoms with Crippen LogP contribution in [0.5, 0.6) is 0 Å². The number of benzene rings is 1. The van der Waals surface area contributed by atoms with Gasteiger partial charge in [-0.25, -0.2) is 14.2 Å². The average molecular weight is 511 g/mol. The lowest BCUT2D eigenvalue weighted by molar-refractivity contribution is -0.157. The van der Waals surface area contributed by atoms with Crippen molar-refractivity contribution >= 4 is 22.8 Å². The van der Waals surface area contributed by atoms with Crippen LogP contribution in [0.1, 0.15) is 46.8 Å². The van der Waals surface area contributed by atoms with Crippen molar-refractivity contribution in [2.75, 3.05) is 19.9 Å². The number of hydrogen-bond donors (Lipinski definition) is 3. The van der Waals surface area contributed by atoms with Crippen LogP contribution in [0.3, 0.4) is 0 Å². The van der Waals surface area contributed by atoms with E-state index in [-0.39, 0.29) is 54.8 Å². The Balaban J connectivity index is 1.48. The fourth-order valence-corrected chi connectivity index (χ4v) is 4.91. The van der Waals surface area contributed by atoms with Gasteiger partial charge in [0.1, 0.15) is 19.2 Å². The van der Waals surface area contributed by atoms with E-state index >= 15 is 0 Å². The minimum absolute atomic E-state index is 0.0864. The van der Waals surface area contributed by atoms with Gasteiger partial charge in [0.05, 0.1) is 35.6 Å². The molecule has 5 rings (SSSR count). The third-order valence-corrected chi connectivity index (χ3v) is 6.88. The molecule has 4 heterocycles. The molecular formula is C26H27FN4O6. The first kappa shape index (κ1) is 25.0. The van der Waals surface area contributed by atoms with E-state index in [2.05, 4.69) is 5.32 Å². The van der Waals surface area contributed by atoms with Crippen LogP contribution in [0.15, 0.2) is 23.0 Å². The number of esters is 1. The molecule has 0 bridgehead atoms. The Kier molecular flexibility index (Phi) is 6.76. The summed E-state index contributed by atoms with van der Waals surface area (Å²) in [6.07, 6.45) is 0.554. The van der Waals surface area contributed by atoms with E-state index < -0.39 is 12.1 Å². The van der Waals surface area contributed by atoms with Crippen LogP contribution in [0.4, 0.5) is 4.39 Å². The third kappa shape index (κ3) is 4.50. The van der Waals surface area contributed by atoms with Crippen molar-refractivity contribution in [1.82, 2.24) is 14.9 Å². The number of fused-ring (bicyclic) bond motifs is 5. The third-order valence-electron chi connectivity index (χ3n) is 6.88. The van der Waals surface area contributed by atoms with Crippen LogP contribution in [0.2, 0.25) is 0 Å². The van der Waals surface area contributed by atoms with Crippen LogP contribution in [-0.2, 0) is 38.6 Å². The first-order chi connectivity index (χ1) is 17.8. The first-order valence-corrected chi connectivity index (χ1v) is 12.1. The summed E-state index contributed by atoms with van der Waals surface area (Å²) in [5, 5.41) is 13.7. The molecule has 1 aromatic carbocycles. The highest BCUT2D eigenvalue weighted by atomic mass is 19.1. The second-order valence-electron chi connectivity index (χ2n) is 9.21. The van der Waals surface area contributed by atoms with Crippen molar-refractivity contribution in [2.45, 2.75) is 45.4 Å². The Bertz CT molecular complexity index is 1480. The Morgan fingerprint density at radius 1 is 1.30 bits per heavy atom. The highest BCUT2D eigenvalue weighted by Crippen LogP contribution is 2.38. The number of ether oxygens (including phenoxy) is 2. The second-order valence-corrected chi connectivity index (χ2v) is 9.21. The molecular weight excluding hydrogens is 483 g/mol. The van der Waals surface area contributed by atoms with Gasteiger partial charge in [0.15, 0.2) is 6.10 Å². The number of carbonyl (C=O) groups is 2. The number of nitrogens with two attached hydrogens (primary N) is 1. The molecule has 2 aliphatic rings. The zero-order chi connectivity index (χ0) is 26.3. The van der Waals surface area contributed by atoms with Gasteiger partial charge in [-0.1, -0.05) is 0 Å². The molecule has 3 aromatic rings. The molecule has 0 radical (unpaired) electrons. The Morgan fingerprint density at radius 3 is 2.89 bits per heavy atom. The summed E-state index contributed by atoms with van der Waals surface area (Å²) in [5.41, 5.74) is 9.18. The molecule has 0 spiro atoms. The number of aliphatic hydroxyl groups is 1. The Hall–Kier alpha value is -3.67. The molecule has 2 aromatic heterocycles. The lowest BCUT2D eigenvalue weighted by Gasteiger charge is -2.21. The number of carbonyl (C=O) groups excluding carboxylic acids is 2. The fourth-order valence-electron chi connectivity index (χ4n) is 4.91. The fraction of sp³-hybridized carbons (Fsp3) is 0.385. The van der Waals surface area contributed by atoms with Gasteiger partial charge in [-0.3, -0.25) is 9.59 Å². The number of rotatable bonds is 8. The van der Waals surface area contributed by atoms with Crippen LogP contribution in [0, 0.1) is 12.7 Å². The summed E-state index contributed by atoms with van der Waals surface area (Å²) in [7, 11) is 0. The second kappa shape index (κ2) is 10.0. The van der Waals surface area contributed by atoms with Crippen molar-refractivity contribution < 1.29 is 28.6 Å². The minimum atomic E-state index is -1.54. The summed E-state index contributed by atoms with van der Waals surface area (Å²) < 4.78 is 26.5. The number of aryl methyl sites for hydroxylation is 2. The summed E-state index contributed by atoms with van der Waals surface area (Å²) in [6, 6.07) is 4.78. The van der Waals surface area contributed by atoms with E-state index in [0.717, 1.165) is 22.9 Å². The zero-order valence-electron chi connectivity index (χ0n) is 20.3. The quantitative estimate of drug-likeness (QED) is 0.183. The highest BCUT2D eigenvalue weighted by molar-refractivity contribution is 5.89. The Morgan fingerprint density at radius 2 is 2.11 bits per heavy atom. The number of aromatic nitrogens is 2. The molecule has 194 valence electrons. The number of nitrogens with zero attached hydrogens (tertiary/aromatic N) is 2. The van der Waals surface area contributed by atoms with E-state index in [1.807, 2.05) is 0 Å². The van der Waals surface area contributed by atoms with Crippen molar-refractivity contribution in [3.05, 3.63) is 62.2 Å². The SMILES string of the molecule is Cc1cc2c(CCCCOCNC(=O)CN)c3c(nc2cc1F)-c1cc2c(c(=O)n1C3)COC(=O)[C@H]2O. The number of amides is 1. The van der Waals surface area contributed by atoms with Crippen LogP contribution in [-0.4, -0.2) is 46.4 Å². The maximum absolute atomic E-state index is 14.5. The predicted octanol–water partition coefficient (Wildman–Crippen LogP) is 1.33. The molecule has 0 aliphatic carbocycles. The van der Waals surface area contributed by atoms with Crippen molar-refractivity contribution in [3.8, 4) is 11.4 Å². The minimum Gasteiger partial charge on any atom is -0.458 e. The molecule has 4 N–H and O–H groups in total. The largest absolute Gasteiger partial charge is 0.458 e. The molecule has 2 aliphatic heterocycles. The topological polar surface area (TPSA) is 146 Å². The average Bonchev–Trinajstić information content (AvgIpc) is 3.25. The van der Waals surface area contributed by atoms with Gasteiger partial charge in [0.25, 0.3) is 5.56 Å². The maximum Gasteiger partial charge on any atom is 0.340 e. The number of halogens is 1. The van der Waals surface area contributed by atoms with E-state index in [9.17, 15) is 23.9 Å². The Labute approximate surface area is 211 Å². The molecule has 37 heavy (non-hydrogen) atoms. The number of hydrogen-bond acceptors (Lipinski definition) is 8. The van der Waals surface area contributed by atoms with Crippen molar-refractivity contribution in [2.24, 2.45) is 5.73 Å². The molecule has 0 fully saturated rings. The standard InChI is InChI=1S/C26H27FN4O6/c1-13-6-15-14(4-2-3-5-36-12-29-22(32)9-28)17-10-31-21(23(17)30-20(15)8-19(13)27)7-16-18(25(31)34)11-37-26(35)24(16)33/h6-8,24,33H,2-5,9-12,28H2,1H3,(H,29,32)/t24-/m0/s1. The first-order valence-electron chi connectivity index (χ1n) is 12.1. The molecule has 1 atom stereocenters. The molecule has 0 unspecified atom stereocenters. The van der Waals surface area contributed by atoms with Crippen LogP contribution in [0.25, 0.3) is 22.3 Å². The summed E-state index contributed by atoms with van der Waals surface area (Å²) >= 11 is 0.